The highest BCUT2D eigenvalue weighted by molar-refractivity contribution is 6.31. The molecule has 0 fully saturated rings. The quantitative estimate of drug-likeness (QED) is 0.500. The molecule has 0 amide bonds. The second kappa shape index (κ2) is 7.07. The van der Waals surface area contributed by atoms with E-state index < -0.39 is 0 Å². The summed E-state index contributed by atoms with van der Waals surface area (Å²) in [6.07, 6.45) is 6.54. The van der Waals surface area contributed by atoms with Crippen LogP contribution >= 0.6 is 11.6 Å². The van der Waals surface area contributed by atoms with Crippen LogP contribution in [0.5, 0.6) is 0 Å². The standard InChI is InChI=1S/C19H19ClN4O/c1-13(2)23-12-15(11-21-23)18(25)10-9-17-14(3)22-24(19(17)20)16-7-5-4-6-8-16/h4-13H,1-3H3/b10-9+. The van der Waals surface area contributed by atoms with Gasteiger partial charge in [-0.3, -0.25) is 9.48 Å². The van der Waals surface area contributed by atoms with Crippen molar-refractivity contribution in [2.75, 3.05) is 0 Å². The van der Waals surface area contributed by atoms with Crippen molar-refractivity contribution >= 4 is 23.5 Å². The molecular formula is C19H19ClN4O. The van der Waals surface area contributed by atoms with Gasteiger partial charge >= 0.3 is 0 Å². The number of benzene rings is 1. The fourth-order valence-corrected chi connectivity index (χ4v) is 2.78. The van der Waals surface area contributed by atoms with Gasteiger partial charge in [0.1, 0.15) is 5.15 Å². The predicted molar refractivity (Wildman–Crippen MR) is 99.3 cm³/mol. The van der Waals surface area contributed by atoms with Gasteiger partial charge in [0.05, 0.1) is 23.1 Å². The molecule has 0 N–H and O–H groups in total. The fraction of sp³-hybridized carbons (Fsp3) is 0.211. The molecule has 0 atom stereocenters. The van der Waals surface area contributed by atoms with Crippen LogP contribution in [0.15, 0.2) is 48.8 Å². The molecule has 25 heavy (non-hydrogen) atoms. The SMILES string of the molecule is Cc1nn(-c2ccccc2)c(Cl)c1/C=C/C(=O)c1cnn(C(C)C)c1. The smallest absolute Gasteiger partial charge is 0.189 e. The lowest BCUT2D eigenvalue weighted by atomic mass is 10.1. The highest BCUT2D eigenvalue weighted by Crippen LogP contribution is 2.24. The third kappa shape index (κ3) is 3.56. The van der Waals surface area contributed by atoms with Gasteiger partial charge in [0, 0.05) is 17.8 Å². The number of para-hydroxylation sites is 1. The summed E-state index contributed by atoms with van der Waals surface area (Å²) in [4.78, 5) is 12.3. The molecule has 0 aliphatic carbocycles. The number of nitrogens with zero attached hydrogens (tertiary/aromatic N) is 4. The van der Waals surface area contributed by atoms with Crippen LogP contribution in [-0.2, 0) is 0 Å². The number of aryl methyl sites for hydroxylation is 1. The van der Waals surface area contributed by atoms with Gasteiger partial charge in [-0.2, -0.15) is 10.2 Å². The topological polar surface area (TPSA) is 52.7 Å². The van der Waals surface area contributed by atoms with Crippen molar-refractivity contribution in [2.24, 2.45) is 0 Å². The molecule has 0 spiro atoms. The Bertz CT molecular complexity index is 922. The summed E-state index contributed by atoms with van der Waals surface area (Å²) in [7, 11) is 0. The fourth-order valence-electron chi connectivity index (χ4n) is 2.44. The van der Waals surface area contributed by atoms with Gasteiger partial charge in [-0.15, -0.1) is 0 Å². The molecular weight excluding hydrogens is 336 g/mol. The maximum absolute atomic E-state index is 12.3. The molecule has 3 aromatic rings. The minimum atomic E-state index is -0.116. The normalized spacial score (nSPS) is 11.6. The summed E-state index contributed by atoms with van der Waals surface area (Å²) >= 11 is 6.46. The van der Waals surface area contributed by atoms with Crippen LogP contribution < -0.4 is 0 Å². The number of rotatable bonds is 5. The van der Waals surface area contributed by atoms with Crippen molar-refractivity contribution in [3.63, 3.8) is 0 Å². The van der Waals surface area contributed by atoms with Crippen LogP contribution in [-0.4, -0.2) is 25.3 Å². The molecule has 3 rings (SSSR count). The number of hydrogen-bond acceptors (Lipinski definition) is 3. The van der Waals surface area contributed by atoms with E-state index in [9.17, 15) is 4.79 Å². The van der Waals surface area contributed by atoms with Gasteiger partial charge in [-0.25, -0.2) is 4.68 Å². The van der Waals surface area contributed by atoms with E-state index in [2.05, 4.69) is 10.2 Å². The van der Waals surface area contributed by atoms with Crippen molar-refractivity contribution in [3.05, 3.63) is 70.8 Å². The molecule has 6 heteroatoms. The van der Waals surface area contributed by atoms with Gasteiger partial charge in [0.25, 0.3) is 0 Å². The van der Waals surface area contributed by atoms with Gasteiger partial charge < -0.3 is 0 Å². The summed E-state index contributed by atoms with van der Waals surface area (Å²) in [5.74, 6) is -0.116. The Hall–Kier alpha value is -2.66. The van der Waals surface area contributed by atoms with Gasteiger partial charge in [0.15, 0.2) is 5.78 Å². The van der Waals surface area contributed by atoms with Crippen LogP contribution in [0.4, 0.5) is 0 Å². The van der Waals surface area contributed by atoms with Crippen LogP contribution in [0.25, 0.3) is 11.8 Å². The molecule has 0 unspecified atom stereocenters. The number of hydrogen-bond donors (Lipinski definition) is 0. The third-order valence-electron chi connectivity index (χ3n) is 3.87. The summed E-state index contributed by atoms with van der Waals surface area (Å²) < 4.78 is 3.42. The lowest BCUT2D eigenvalue weighted by Crippen LogP contribution is -2.00. The summed E-state index contributed by atoms with van der Waals surface area (Å²) in [5, 5.41) is 9.13. The third-order valence-corrected chi connectivity index (χ3v) is 4.23. The lowest BCUT2D eigenvalue weighted by molar-refractivity contribution is 0.104. The highest BCUT2D eigenvalue weighted by Gasteiger charge is 2.13. The van der Waals surface area contributed by atoms with E-state index in [4.69, 9.17) is 11.6 Å². The van der Waals surface area contributed by atoms with E-state index in [-0.39, 0.29) is 11.8 Å². The first-order chi connectivity index (χ1) is 12.0. The van der Waals surface area contributed by atoms with Crippen LogP contribution in [0, 0.1) is 6.92 Å². The zero-order valence-corrected chi connectivity index (χ0v) is 15.1. The molecule has 0 saturated carbocycles. The molecule has 2 aromatic heterocycles. The van der Waals surface area contributed by atoms with Gasteiger partial charge in [0.2, 0.25) is 0 Å². The van der Waals surface area contributed by atoms with Crippen LogP contribution in [0.1, 0.15) is 41.5 Å². The Labute approximate surface area is 151 Å². The Kier molecular flexibility index (Phi) is 4.86. The van der Waals surface area contributed by atoms with Crippen molar-refractivity contribution in [1.29, 1.82) is 0 Å². The number of carbonyl (C=O) groups is 1. The van der Waals surface area contributed by atoms with E-state index in [1.807, 2.05) is 51.1 Å². The first-order valence-electron chi connectivity index (χ1n) is 8.04. The van der Waals surface area contributed by atoms with Crippen molar-refractivity contribution in [1.82, 2.24) is 19.6 Å². The number of ketones is 1. The first-order valence-corrected chi connectivity index (χ1v) is 8.42. The van der Waals surface area contributed by atoms with E-state index in [1.165, 1.54) is 6.08 Å². The van der Waals surface area contributed by atoms with Gasteiger partial charge in [-0.05, 0) is 45.1 Å². The largest absolute Gasteiger partial charge is 0.289 e. The van der Waals surface area contributed by atoms with Gasteiger partial charge in [-0.1, -0.05) is 29.8 Å². The van der Waals surface area contributed by atoms with Crippen LogP contribution in [0.2, 0.25) is 5.15 Å². The molecule has 5 nitrogen and oxygen atoms in total. The summed E-state index contributed by atoms with van der Waals surface area (Å²) in [6, 6.07) is 9.85. The second-order valence-electron chi connectivity index (χ2n) is 6.04. The summed E-state index contributed by atoms with van der Waals surface area (Å²) in [6.45, 7) is 5.89. The van der Waals surface area contributed by atoms with Crippen molar-refractivity contribution in [3.8, 4) is 5.69 Å². The zero-order valence-electron chi connectivity index (χ0n) is 14.3. The first kappa shape index (κ1) is 17.2. The minimum absolute atomic E-state index is 0.116. The average molecular weight is 355 g/mol. The van der Waals surface area contributed by atoms with Crippen molar-refractivity contribution < 1.29 is 4.79 Å². The maximum Gasteiger partial charge on any atom is 0.189 e. The maximum atomic E-state index is 12.3. The lowest BCUT2D eigenvalue weighted by Gasteiger charge is -2.02. The van der Waals surface area contributed by atoms with Crippen LogP contribution in [0.3, 0.4) is 0 Å². The Balaban J connectivity index is 1.86. The molecule has 0 radical (unpaired) electrons. The van der Waals surface area contributed by atoms with E-state index in [0.717, 1.165) is 16.9 Å². The zero-order chi connectivity index (χ0) is 18.0. The van der Waals surface area contributed by atoms with E-state index >= 15 is 0 Å². The monoisotopic (exact) mass is 354 g/mol. The molecule has 1 aromatic carbocycles. The molecule has 0 bridgehead atoms. The Morgan fingerprint density at radius 2 is 1.96 bits per heavy atom. The van der Waals surface area contributed by atoms with E-state index in [1.54, 1.807) is 27.8 Å². The highest BCUT2D eigenvalue weighted by atomic mass is 35.5. The predicted octanol–water partition coefficient (Wildman–Crippen LogP) is 4.51. The number of aromatic nitrogens is 4. The molecule has 128 valence electrons. The summed E-state index contributed by atoms with van der Waals surface area (Å²) in [5.41, 5.74) is 2.92. The minimum Gasteiger partial charge on any atom is -0.289 e. The van der Waals surface area contributed by atoms with E-state index in [0.29, 0.717) is 10.7 Å². The van der Waals surface area contributed by atoms with Crippen molar-refractivity contribution in [2.45, 2.75) is 26.8 Å². The Morgan fingerprint density at radius 1 is 1.24 bits per heavy atom. The molecule has 0 aliphatic rings. The number of carbonyl (C=O) groups excluding carboxylic acids is 1. The second-order valence-corrected chi connectivity index (χ2v) is 6.40. The molecule has 0 aliphatic heterocycles. The molecule has 0 saturated heterocycles. The average Bonchev–Trinajstić information content (AvgIpc) is 3.20. The Morgan fingerprint density at radius 3 is 2.60 bits per heavy atom. The number of halogens is 1. The molecule has 2 heterocycles. The number of allylic oxidation sites excluding steroid dienone is 1.